The Hall–Kier alpha value is -2.28. The van der Waals surface area contributed by atoms with Crippen LogP contribution < -0.4 is 20.7 Å². The molecule has 1 amide bonds. The number of nitrogens with one attached hydrogen (secondary N) is 3. The van der Waals surface area contributed by atoms with E-state index in [4.69, 9.17) is 4.74 Å². The van der Waals surface area contributed by atoms with Crippen LogP contribution in [-0.2, 0) is 4.79 Å². The number of ether oxygens (including phenoxy) is 1. The molecule has 1 aliphatic heterocycles. The van der Waals surface area contributed by atoms with E-state index in [-0.39, 0.29) is 17.9 Å². The lowest BCUT2D eigenvalue weighted by molar-refractivity contribution is -0.125. The quantitative estimate of drug-likeness (QED) is 0.320. The number of hydrogen-bond acceptors (Lipinski definition) is 4. The lowest BCUT2D eigenvalue weighted by Gasteiger charge is -2.30. The van der Waals surface area contributed by atoms with Crippen LogP contribution in [0.1, 0.15) is 56.6 Å². The second-order valence-electron chi connectivity index (χ2n) is 8.51. The van der Waals surface area contributed by atoms with E-state index < -0.39 is 0 Å². The summed E-state index contributed by atoms with van der Waals surface area (Å²) in [6, 6.07) is 8.49. The largest absolute Gasteiger partial charge is 0.496 e. The number of benzene rings is 1. The number of hydrogen-bond donors (Lipinski definition) is 3. The molecule has 31 heavy (non-hydrogen) atoms. The summed E-state index contributed by atoms with van der Waals surface area (Å²) in [5.74, 6) is 2.09. The van der Waals surface area contributed by atoms with Crippen LogP contribution in [0.5, 0.6) is 5.75 Å². The zero-order valence-electron chi connectivity index (χ0n) is 19.2. The van der Waals surface area contributed by atoms with Crippen LogP contribution in [0.15, 0.2) is 29.3 Å². The summed E-state index contributed by atoms with van der Waals surface area (Å²) in [4.78, 5) is 19.2. The van der Waals surface area contributed by atoms with Gasteiger partial charge in [0.1, 0.15) is 5.75 Å². The summed E-state index contributed by atoms with van der Waals surface area (Å²) in [6.45, 7) is 4.21. The highest BCUT2D eigenvalue weighted by Crippen LogP contribution is 2.31. The molecule has 2 aliphatic rings. The Morgan fingerprint density at radius 2 is 1.77 bits per heavy atom. The molecule has 3 rings (SSSR count). The molecule has 0 aromatic heterocycles. The van der Waals surface area contributed by atoms with Gasteiger partial charge in [-0.3, -0.25) is 14.7 Å². The van der Waals surface area contributed by atoms with Crippen molar-refractivity contribution < 1.29 is 9.53 Å². The van der Waals surface area contributed by atoms with Gasteiger partial charge in [0.25, 0.3) is 0 Å². The minimum absolute atomic E-state index is 0.202. The summed E-state index contributed by atoms with van der Waals surface area (Å²) in [5, 5.41) is 9.88. The van der Waals surface area contributed by atoms with E-state index >= 15 is 0 Å². The highest BCUT2D eigenvalue weighted by molar-refractivity contribution is 5.80. The third kappa shape index (κ3) is 6.86. The number of aliphatic imine (C=N–C) groups is 1. The maximum absolute atomic E-state index is 12.3. The van der Waals surface area contributed by atoms with E-state index in [9.17, 15) is 4.79 Å². The van der Waals surface area contributed by atoms with Crippen LogP contribution in [0, 0.1) is 5.92 Å². The Labute approximate surface area is 187 Å². The van der Waals surface area contributed by atoms with E-state index in [0.717, 1.165) is 44.2 Å². The fourth-order valence-corrected chi connectivity index (χ4v) is 4.72. The van der Waals surface area contributed by atoms with Gasteiger partial charge in [-0.05, 0) is 44.8 Å². The summed E-state index contributed by atoms with van der Waals surface area (Å²) < 4.78 is 5.63. The predicted molar refractivity (Wildman–Crippen MR) is 125 cm³/mol. The van der Waals surface area contributed by atoms with Gasteiger partial charge in [-0.1, -0.05) is 37.5 Å². The summed E-state index contributed by atoms with van der Waals surface area (Å²) in [5.41, 5.74) is 1.20. The van der Waals surface area contributed by atoms with Crippen molar-refractivity contribution >= 4 is 11.9 Å². The number of methoxy groups -OCH3 is 1. The lowest BCUT2D eigenvalue weighted by atomic mass is 9.89. The van der Waals surface area contributed by atoms with Crippen LogP contribution >= 0.6 is 0 Å². The van der Waals surface area contributed by atoms with Crippen molar-refractivity contribution in [3.05, 3.63) is 29.8 Å². The van der Waals surface area contributed by atoms with Gasteiger partial charge in [-0.25, -0.2) is 0 Å². The molecule has 172 valence electrons. The van der Waals surface area contributed by atoms with Gasteiger partial charge in [-0.2, -0.15) is 0 Å². The molecule has 1 aromatic rings. The predicted octanol–water partition coefficient (Wildman–Crippen LogP) is 2.69. The van der Waals surface area contributed by atoms with Crippen LogP contribution in [0.2, 0.25) is 0 Å². The number of carbonyl (C=O) groups is 1. The van der Waals surface area contributed by atoms with Gasteiger partial charge >= 0.3 is 0 Å². The zero-order chi connectivity index (χ0) is 21.9. The maximum Gasteiger partial charge on any atom is 0.223 e. The van der Waals surface area contributed by atoms with E-state index in [2.05, 4.69) is 38.0 Å². The molecule has 0 bridgehead atoms. The molecule has 7 heteroatoms. The molecule has 2 fully saturated rings. The Bertz CT molecular complexity index is 712. The molecule has 1 saturated carbocycles. The Morgan fingerprint density at radius 1 is 1.06 bits per heavy atom. The normalized spacial score (nSPS) is 19.1. The Morgan fingerprint density at radius 3 is 2.48 bits per heavy atom. The first-order chi connectivity index (χ1) is 15.2. The average Bonchev–Trinajstić information content (AvgIpc) is 3.36. The molecule has 1 aromatic carbocycles. The van der Waals surface area contributed by atoms with Crippen molar-refractivity contribution in [3.8, 4) is 5.75 Å². The molecule has 1 unspecified atom stereocenters. The first-order valence-corrected chi connectivity index (χ1v) is 11.8. The number of likely N-dealkylation sites (tertiary alicyclic amines) is 1. The second-order valence-corrected chi connectivity index (χ2v) is 8.51. The van der Waals surface area contributed by atoms with Crippen molar-refractivity contribution in [1.82, 2.24) is 20.9 Å². The van der Waals surface area contributed by atoms with Gasteiger partial charge < -0.3 is 20.7 Å². The molecular weight excluding hydrogens is 390 g/mol. The van der Waals surface area contributed by atoms with Gasteiger partial charge in [0.2, 0.25) is 5.91 Å². The van der Waals surface area contributed by atoms with Crippen LogP contribution in [0.25, 0.3) is 0 Å². The summed E-state index contributed by atoms with van der Waals surface area (Å²) in [7, 11) is 3.51. The molecule has 1 heterocycles. The van der Waals surface area contributed by atoms with Gasteiger partial charge in [-0.15, -0.1) is 0 Å². The lowest BCUT2D eigenvalue weighted by Crippen LogP contribution is -2.45. The van der Waals surface area contributed by atoms with Crippen molar-refractivity contribution in [1.29, 1.82) is 0 Å². The number of nitrogens with zero attached hydrogens (tertiary/aromatic N) is 2. The van der Waals surface area contributed by atoms with Crippen LogP contribution in [0.4, 0.5) is 0 Å². The topological polar surface area (TPSA) is 78.0 Å². The molecule has 0 spiro atoms. The number of para-hydroxylation sites is 1. The van der Waals surface area contributed by atoms with Crippen molar-refractivity contribution in [2.75, 3.05) is 46.9 Å². The Balaban J connectivity index is 1.48. The number of guanidine groups is 1. The number of rotatable bonds is 9. The number of carbonyl (C=O) groups excluding carboxylic acids is 1. The fourth-order valence-electron chi connectivity index (χ4n) is 4.72. The second kappa shape index (κ2) is 12.5. The monoisotopic (exact) mass is 429 g/mol. The molecule has 7 nitrogen and oxygen atoms in total. The van der Waals surface area contributed by atoms with E-state index in [1.807, 2.05) is 12.1 Å². The van der Waals surface area contributed by atoms with Gasteiger partial charge in [0, 0.05) is 38.2 Å². The molecule has 1 atom stereocenters. The highest BCUT2D eigenvalue weighted by Gasteiger charge is 2.26. The zero-order valence-corrected chi connectivity index (χ0v) is 19.2. The third-order valence-electron chi connectivity index (χ3n) is 6.46. The maximum atomic E-state index is 12.3. The number of amides is 1. The highest BCUT2D eigenvalue weighted by atomic mass is 16.5. The summed E-state index contributed by atoms with van der Waals surface area (Å²) in [6.07, 6.45) is 8.15. The van der Waals surface area contributed by atoms with Crippen molar-refractivity contribution in [2.24, 2.45) is 10.9 Å². The van der Waals surface area contributed by atoms with Gasteiger partial charge in [0.05, 0.1) is 13.2 Å². The van der Waals surface area contributed by atoms with E-state index in [1.54, 1.807) is 14.2 Å². The van der Waals surface area contributed by atoms with Crippen molar-refractivity contribution in [3.63, 3.8) is 0 Å². The molecule has 0 radical (unpaired) electrons. The van der Waals surface area contributed by atoms with E-state index in [1.165, 1.54) is 37.7 Å². The van der Waals surface area contributed by atoms with Crippen LogP contribution in [0.3, 0.4) is 0 Å². The standard InChI is InChI=1S/C24H39N5O2/c1-25-24(27-15-14-26-23(30)19-10-4-3-5-11-19)28-18-21(29-16-8-9-17-29)20-12-6-7-13-22(20)31-2/h6-7,12-13,19,21H,3-5,8-11,14-18H2,1-2H3,(H,26,30)(H2,25,27,28). The van der Waals surface area contributed by atoms with E-state index in [0.29, 0.717) is 13.1 Å². The minimum Gasteiger partial charge on any atom is -0.496 e. The molecular formula is C24H39N5O2. The Kier molecular flexibility index (Phi) is 9.46. The van der Waals surface area contributed by atoms with Crippen LogP contribution in [-0.4, -0.2) is 63.6 Å². The van der Waals surface area contributed by atoms with Crippen molar-refractivity contribution in [2.45, 2.75) is 51.0 Å². The average molecular weight is 430 g/mol. The summed E-state index contributed by atoms with van der Waals surface area (Å²) >= 11 is 0. The molecule has 3 N–H and O–H groups in total. The molecule has 1 saturated heterocycles. The van der Waals surface area contributed by atoms with Gasteiger partial charge in [0.15, 0.2) is 5.96 Å². The SMILES string of the molecule is CN=C(NCCNC(=O)C1CCCCC1)NCC(c1ccccc1OC)N1CCCC1. The first kappa shape index (κ1) is 23.4. The third-order valence-corrected chi connectivity index (χ3v) is 6.46. The fraction of sp³-hybridized carbons (Fsp3) is 0.667. The minimum atomic E-state index is 0.202. The first-order valence-electron chi connectivity index (χ1n) is 11.8. The molecule has 1 aliphatic carbocycles. The smallest absolute Gasteiger partial charge is 0.223 e.